The number of halogens is 1. The highest BCUT2D eigenvalue weighted by Gasteiger charge is 2.15. The van der Waals surface area contributed by atoms with Gasteiger partial charge in [-0.1, -0.05) is 19.0 Å². The Labute approximate surface area is 148 Å². The highest BCUT2D eigenvalue weighted by molar-refractivity contribution is 14.1. The van der Waals surface area contributed by atoms with Crippen LogP contribution in [0, 0.1) is 3.57 Å². The maximum absolute atomic E-state index is 5.47. The second-order valence-corrected chi connectivity index (χ2v) is 6.64. The van der Waals surface area contributed by atoms with Gasteiger partial charge in [0.15, 0.2) is 0 Å². The molecule has 0 bridgehead atoms. The van der Waals surface area contributed by atoms with Crippen LogP contribution >= 0.6 is 22.6 Å². The Kier molecular flexibility index (Phi) is 4.43. The summed E-state index contributed by atoms with van der Waals surface area (Å²) in [5.41, 5.74) is 2.31. The maximum Gasteiger partial charge on any atom is 0.139 e. The molecule has 0 fully saturated rings. The summed E-state index contributed by atoms with van der Waals surface area (Å²) in [4.78, 5) is 4.71. The number of ether oxygens (including phenoxy) is 2. The predicted molar refractivity (Wildman–Crippen MR) is 97.2 cm³/mol. The molecule has 0 saturated carbocycles. The molecular formula is C17H17IN2O3. The molecule has 0 N–H and O–H groups in total. The molecular weight excluding hydrogens is 407 g/mol. The van der Waals surface area contributed by atoms with Gasteiger partial charge in [-0.3, -0.25) is 0 Å². The van der Waals surface area contributed by atoms with Gasteiger partial charge in [0.25, 0.3) is 0 Å². The SMILES string of the molecule is COc1cc(OC)c2c(I)cc(-c3cc(C(C)C)on3)nc2c1. The first-order valence-corrected chi connectivity index (χ1v) is 8.30. The summed E-state index contributed by atoms with van der Waals surface area (Å²) >= 11 is 2.28. The third-order valence-corrected chi connectivity index (χ3v) is 4.46. The molecule has 0 atom stereocenters. The lowest BCUT2D eigenvalue weighted by molar-refractivity contribution is 0.373. The van der Waals surface area contributed by atoms with Crippen LogP contribution in [0.4, 0.5) is 0 Å². The normalized spacial score (nSPS) is 11.2. The smallest absolute Gasteiger partial charge is 0.139 e. The molecule has 0 aliphatic heterocycles. The third-order valence-electron chi connectivity index (χ3n) is 3.61. The Bertz CT molecular complexity index is 858. The largest absolute Gasteiger partial charge is 0.497 e. The number of pyridine rings is 1. The van der Waals surface area contributed by atoms with Crippen molar-refractivity contribution in [3.63, 3.8) is 0 Å². The molecule has 0 radical (unpaired) electrons. The van der Waals surface area contributed by atoms with E-state index < -0.39 is 0 Å². The van der Waals surface area contributed by atoms with Gasteiger partial charge in [-0.2, -0.15) is 0 Å². The number of fused-ring (bicyclic) bond motifs is 1. The second-order valence-electron chi connectivity index (χ2n) is 5.48. The molecule has 0 saturated heterocycles. The van der Waals surface area contributed by atoms with Gasteiger partial charge >= 0.3 is 0 Å². The van der Waals surface area contributed by atoms with E-state index in [0.29, 0.717) is 5.75 Å². The molecule has 2 aromatic heterocycles. The molecule has 0 spiro atoms. The Morgan fingerprint density at radius 3 is 2.43 bits per heavy atom. The standard InChI is InChI=1S/C17H17IN2O3/c1-9(2)15-8-13(20-23-15)12-7-11(18)17-14(19-12)5-10(21-3)6-16(17)22-4/h5-9H,1-4H3. The summed E-state index contributed by atoms with van der Waals surface area (Å²) in [6.45, 7) is 4.13. The number of rotatable bonds is 4. The van der Waals surface area contributed by atoms with Crippen LogP contribution in [0.3, 0.4) is 0 Å². The van der Waals surface area contributed by atoms with E-state index in [1.165, 1.54) is 0 Å². The fourth-order valence-corrected chi connectivity index (χ4v) is 3.19. The zero-order valence-corrected chi connectivity index (χ0v) is 15.5. The average Bonchev–Trinajstić information content (AvgIpc) is 3.03. The van der Waals surface area contributed by atoms with Crippen LogP contribution < -0.4 is 9.47 Å². The number of hydrogen-bond donors (Lipinski definition) is 0. The quantitative estimate of drug-likeness (QED) is 0.572. The molecule has 0 unspecified atom stereocenters. The minimum absolute atomic E-state index is 0.288. The average molecular weight is 424 g/mol. The van der Waals surface area contributed by atoms with Crippen LogP contribution in [0.25, 0.3) is 22.3 Å². The molecule has 120 valence electrons. The fourth-order valence-electron chi connectivity index (χ4n) is 2.35. The summed E-state index contributed by atoms with van der Waals surface area (Å²) in [6.07, 6.45) is 0. The van der Waals surface area contributed by atoms with Crippen LogP contribution in [0.2, 0.25) is 0 Å². The van der Waals surface area contributed by atoms with Crippen LogP contribution in [0.1, 0.15) is 25.5 Å². The number of nitrogens with zero attached hydrogens (tertiary/aromatic N) is 2. The van der Waals surface area contributed by atoms with Gasteiger partial charge in [0, 0.05) is 27.7 Å². The lowest BCUT2D eigenvalue weighted by Crippen LogP contribution is -1.94. The molecule has 0 aliphatic carbocycles. The van der Waals surface area contributed by atoms with Crippen LogP contribution in [0.5, 0.6) is 11.5 Å². The van der Waals surface area contributed by atoms with Crippen LogP contribution in [-0.4, -0.2) is 24.4 Å². The Morgan fingerprint density at radius 2 is 1.83 bits per heavy atom. The van der Waals surface area contributed by atoms with Gasteiger partial charge in [-0.05, 0) is 28.7 Å². The zero-order valence-electron chi connectivity index (χ0n) is 13.4. The molecule has 23 heavy (non-hydrogen) atoms. The van der Waals surface area contributed by atoms with Gasteiger partial charge in [0.2, 0.25) is 0 Å². The van der Waals surface area contributed by atoms with Crippen molar-refractivity contribution in [3.8, 4) is 22.9 Å². The minimum Gasteiger partial charge on any atom is -0.497 e. The van der Waals surface area contributed by atoms with E-state index in [9.17, 15) is 0 Å². The fraction of sp³-hybridized carbons (Fsp3) is 0.294. The van der Waals surface area contributed by atoms with Crippen molar-refractivity contribution in [2.75, 3.05) is 14.2 Å². The van der Waals surface area contributed by atoms with E-state index in [0.717, 1.165) is 37.4 Å². The number of benzene rings is 1. The first-order valence-electron chi connectivity index (χ1n) is 7.22. The van der Waals surface area contributed by atoms with Crippen molar-refractivity contribution in [1.29, 1.82) is 0 Å². The first-order chi connectivity index (χ1) is 11.0. The van der Waals surface area contributed by atoms with Crippen molar-refractivity contribution in [2.45, 2.75) is 19.8 Å². The van der Waals surface area contributed by atoms with Gasteiger partial charge in [-0.25, -0.2) is 4.98 Å². The Morgan fingerprint density at radius 1 is 1.04 bits per heavy atom. The number of hydrogen-bond acceptors (Lipinski definition) is 5. The highest BCUT2D eigenvalue weighted by Crippen LogP contribution is 2.35. The lowest BCUT2D eigenvalue weighted by Gasteiger charge is -2.10. The monoisotopic (exact) mass is 424 g/mol. The van der Waals surface area contributed by atoms with Gasteiger partial charge < -0.3 is 14.0 Å². The molecule has 0 amide bonds. The molecule has 1 aromatic carbocycles. The zero-order chi connectivity index (χ0) is 16.6. The summed E-state index contributed by atoms with van der Waals surface area (Å²) < 4.78 is 17.2. The van der Waals surface area contributed by atoms with Gasteiger partial charge in [0.1, 0.15) is 23.0 Å². The van der Waals surface area contributed by atoms with Gasteiger partial charge in [-0.15, -0.1) is 0 Å². The molecule has 0 aliphatic rings. The van der Waals surface area contributed by atoms with Gasteiger partial charge in [0.05, 0.1) is 30.8 Å². The van der Waals surface area contributed by atoms with Crippen molar-refractivity contribution >= 4 is 33.5 Å². The number of aromatic nitrogens is 2. The number of methoxy groups -OCH3 is 2. The van der Waals surface area contributed by atoms with Crippen molar-refractivity contribution in [2.24, 2.45) is 0 Å². The maximum atomic E-state index is 5.47. The summed E-state index contributed by atoms with van der Waals surface area (Å²) in [7, 11) is 3.27. The molecule has 3 rings (SSSR count). The molecule has 3 aromatic rings. The summed E-state index contributed by atoms with van der Waals surface area (Å²) in [5.74, 6) is 2.58. The summed E-state index contributed by atoms with van der Waals surface area (Å²) in [6, 6.07) is 7.68. The van der Waals surface area contributed by atoms with E-state index >= 15 is 0 Å². The van der Waals surface area contributed by atoms with E-state index in [-0.39, 0.29) is 5.92 Å². The first kappa shape index (κ1) is 16.0. The van der Waals surface area contributed by atoms with E-state index in [4.69, 9.17) is 19.0 Å². The van der Waals surface area contributed by atoms with Crippen molar-refractivity contribution in [3.05, 3.63) is 33.6 Å². The molecule has 6 heteroatoms. The van der Waals surface area contributed by atoms with E-state index in [1.54, 1.807) is 14.2 Å². The predicted octanol–water partition coefficient (Wildman–Crippen LogP) is 4.64. The van der Waals surface area contributed by atoms with Crippen molar-refractivity contribution < 1.29 is 14.0 Å². The minimum atomic E-state index is 0.288. The second kappa shape index (κ2) is 6.35. The summed E-state index contributed by atoms with van der Waals surface area (Å²) in [5, 5.41) is 5.10. The lowest BCUT2D eigenvalue weighted by atomic mass is 10.1. The topological polar surface area (TPSA) is 57.4 Å². The molecule has 2 heterocycles. The van der Waals surface area contributed by atoms with E-state index in [2.05, 4.69) is 41.6 Å². The Balaban J connectivity index is 2.19. The van der Waals surface area contributed by atoms with Crippen LogP contribution in [-0.2, 0) is 0 Å². The Hall–Kier alpha value is -1.83. The third kappa shape index (κ3) is 2.99. The van der Waals surface area contributed by atoms with Crippen LogP contribution in [0.15, 0.2) is 28.8 Å². The highest BCUT2D eigenvalue weighted by atomic mass is 127. The van der Waals surface area contributed by atoms with E-state index in [1.807, 2.05) is 24.3 Å². The van der Waals surface area contributed by atoms with Crippen molar-refractivity contribution in [1.82, 2.24) is 10.1 Å². The molecule has 5 nitrogen and oxygen atoms in total.